The molecule has 0 heterocycles. The molecule has 1 atom stereocenters. The van der Waals surface area contributed by atoms with E-state index in [1.165, 1.54) is 6.42 Å². The molecule has 0 radical (unpaired) electrons. The van der Waals surface area contributed by atoms with Gasteiger partial charge in [-0.1, -0.05) is 48.0 Å². The lowest BCUT2D eigenvalue weighted by molar-refractivity contribution is -0.178. The Labute approximate surface area is 130 Å². The summed E-state index contributed by atoms with van der Waals surface area (Å²) in [6.45, 7) is 12.2. The van der Waals surface area contributed by atoms with Gasteiger partial charge in [-0.3, -0.25) is 4.79 Å². The zero-order valence-corrected chi connectivity index (χ0v) is 14.8. The van der Waals surface area contributed by atoms with Crippen LogP contribution in [0.25, 0.3) is 0 Å². The van der Waals surface area contributed by atoms with Gasteiger partial charge in [0.1, 0.15) is 6.10 Å². The van der Waals surface area contributed by atoms with Crippen molar-refractivity contribution in [1.29, 1.82) is 0 Å². The first-order valence-corrected chi connectivity index (χ1v) is 8.34. The molecular formula is C18H34O3. The van der Waals surface area contributed by atoms with Crippen LogP contribution in [0.1, 0.15) is 80.1 Å². The van der Waals surface area contributed by atoms with Crippen LogP contribution in [0, 0.1) is 16.2 Å². The minimum absolute atomic E-state index is 0.0401. The highest BCUT2D eigenvalue weighted by atomic mass is 16.5. The molecule has 3 nitrogen and oxygen atoms in total. The van der Waals surface area contributed by atoms with Gasteiger partial charge in [0.2, 0.25) is 0 Å². The summed E-state index contributed by atoms with van der Waals surface area (Å²) in [5.41, 5.74) is -1.20. The summed E-state index contributed by atoms with van der Waals surface area (Å²) in [4.78, 5) is 12.9. The lowest BCUT2D eigenvalue weighted by atomic mass is 9.60. The molecule has 0 bridgehead atoms. The van der Waals surface area contributed by atoms with Crippen LogP contribution in [0.5, 0.6) is 0 Å². The van der Waals surface area contributed by atoms with Crippen LogP contribution in [0.4, 0.5) is 0 Å². The Morgan fingerprint density at radius 3 is 1.95 bits per heavy atom. The third-order valence-electron chi connectivity index (χ3n) is 4.75. The second-order valence-corrected chi connectivity index (χ2v) is 8.89. The third-order valence-corrected chi connectivity index (χ3v) is 4.75. The van der Waals surface area contributed by atoms with Crippen molar-refractivity contribution in [3.05, 3.63) is 0 Å². The number of hydrogen-bond acceptors (Lipinski definition) is 3. The summed E-state index contributed by atoms with van der Waals surface area (Å²) in [5.74, 6) is -0.209. The van der Waals surface area contributed by atoms with Crippen LogP contribution in [-0.2, 0) is 9.53 Å². The largest absolute Gasteiger partial charge is 0.462 e. The number of aliphatic hydroxyl groups is 1. The van der Waals surface area contributed by atoms with E-state index >= 15 is 0 Å². The average Bonchev–Trinajstić information content (AvgIpc) is 2.34. The minimum Gasteiger partial charge on any atom is -0.462 e. The number of hydrogen-bond donors (Lipinski definition) is 1. The Morgan fingerprint density at radius 2 is 1.57 bits per heavy atom. The summed E-state index contributed by atoms with van der Waals surface area (Å²) in [6, 6.07) is 0. The van der Waals surface area contributed by atoms with E-state index in [2.05, 4.69) is 20.8 Å². The van der Waals surface area contributed by atoms with Crippen molar-refractivity contribution in [2.45, 2.75) is 86.2 Å². The third kappa shape index (κ3) is 4.70. The normalized spacial score (nSPS) is 20.9. The van der Waals surface area contributed by atoms with Gasteiger partial charge in [-0.25, -0.2) is 0 Å². The van der Waals surface area contributed by atoms with Crippen molar-refractivity contribution >= 4 is 5.97 Å². The SMILES string of the molecule is CC(C)(C)CC(CO)(C(=O)OC1CCCCC1)C(C)(C)C. The molecule has 0 aliphatic heterocycles. The molecule has 1 fully saturated rings. The number of esters is 1. The van der Waals surface area contributed by atoms with Gasteiger partial charge < -0.3 is 9.84 Å². The fraction of sp³-hybridized carbons (Fsp3) is 0.944. The van der Waals surface area contributed by atoms with Crippen molar-refractivity contribution in [2.75, 3.05) is 6.61 Å². The van der Waals surface area contributed by atoms with Gasteiger partial charge in [-0.15, -0.1) is 0 Å². The molecule has 0 aromatic rings. The van der Waals surface area contributed by atoms with Crippen LogP contribution in [-0.4, -0.2) is 23.8 Å². The molecule has 3 heteroatoms. The van der Waals surface area contributed by atoms with Crippen LogP contribution >= 0.6 is 0 Å². The smallest absolute Gasteiger partial charge is 0.315 e. The van der Waals surface area contributed by atoms with E-state index in [9.17, 15) is 9.90 Å². The first-order chi connectivity index (χ1) is 9.52. The number of carbonyl (C=O) groups is 1. The predicted molar refractivity (Wildman–Crippen MR) is 86.0 cm³/mol. The molecule has 0 amide bonds. The summed E-state index contributed by atoms with van der Waals surface area (Å²) in [5, 5.41) is 10.1. The maximum Gasteiger partial charge on any atom is 0.315 e. The zero-order chi connectivity index (χ0) is 16.3. The van der Waals surface area contributed by atoms with E-state index in [-0.39, 0.29) is 29.5 Å². The van der Waals surface area contributed by atoms with Crippen molar-refractivity contribution in [1.82, 2.24) is 0 Å². The van der Waals surface area contributed by atoms with Gasteiger partial charge in [-0.05, 0) is 42.9 Å². The Kier molecular flexibility index (Phi) is 5.88. The summed E-state index contributed by atoms with van der Waals surface area (Å²) in [7, 11) is 0. The van der Waals surface area contributed by atoms with E-state index < -0.39 is 5.41 Å². The number of aliphatic hydroxyl groups excluding tert-OH is 1. The molecule has 1 rings (SSSR count). The molecule has 0 aromatic carbocycles. The van der Waals surface area contributed by atoms with E-state index in [1.807, 2.05) is 20.8 Å². The lowest BCUT2D eigenvalue weighted by Crippen LogP contribution is -2.50. The van der Waals surface area contributed by atoms with Crippen LogP contribution in [0.15, 0.2) is 0 Å². The molecule has 1 aliphatic rings. The van der Waals surface area contributed by atoms with Crippen molar-refractivity contribution < 1.29 is 14.6 Å². The summed E-state index contributed by atoms with van der Waals surface area (Å²) in [6.07, 6.45) is 6.11. The molecule has 1 N–H and O–H groups in total. The number of ether oxygens (including phenoxy) is 1. The predicted octanol–water partition coefficient (Wildman–Crippen LogP) is 4.32. The standard InChI is InChI=1S/C18H34O3/c1-16(2,3)12-18(13-19,17(4,5)6)15(20)21-14-10-8-7-9-11-14/h14,19H,7-13H2,1-6H3. The Bertz CT molecular complexity index is 342. The Hall–Kier alpha value is -0.570. The number of carbonyl (C=O) groups excluding carboxylic acids is 1. The van der Waals surface area contributed by atoms with E-state index in [4.69, 9.17) is 4.74 Å². The van der Waals surface area contributed by atoms with Crippen LogP contribution in [0.2, 0.25) is 0 Å². The quantitative estimate of drug-likeness (QED) is 0.786. The van der Waals surface area contributed by atoms with Gasteiger partial charge in [0.25, 0.3) is 0 Å². The Balaban J connectivity index is 2.96. The van der Waals surface area contributed by atoms with E-state index in [0.29, 0.717) is 6.42 Å². The maximum atomic E-state index is 12.9. The first-order valence-electron chi connectivity index (χ1n) is 8.34. The van der Waals surface area contributed by atoms with E-state index in [1.54, 1.807) is 0 Å². The zero-order valence-electron chi connectivity index (χ0n) is 14.8. The van der Waals surface area contributed by atoms with Gasteiger partial charge in [-0.2, -0.15) is 0 Å². The second-order valence-electron chi connectivity index (χ2n) is 8.89. The fourth-order valence-electron chi connectivity index (χ4n) is 3.35. The molecule has 0 spiro atoms. The van der Waals surface area contributed by atoms with Gasteiger partial charge in [0.05, 0.1) is 12.0 Å². The van der Waals surface area contributed by atoms with Crippen LogP contribution in [0.3, 0.4) is 0 Å². The summed E-state index contributed by atoms with van der Waals surface area (Å²) >= 11 is 0. The lowest BCUT2D eigenvalue weighted by Gasteiger charge is -2.45. The van der Waals surface area contributed by atoms with Crippen LogP contribution < -0.4 is 0 Å². The Morgan fingerprint density at radius 1 is 1.05 bits per heavy atom. The monoisotopic (exact) mass is 298 g/mol. The summed E-state index contributed by atoms with van der Waals surface area (Å²) < 4.78 is 5.82. The first kappa shape index (κ1) is 18.5. The van der Waals surface area contributed by atoms with Gasteiger partial charge in [0.15, 0.2) is 0 Å². The fourth-order valence-corrected chi connectivity index (χ4v) is 3.35. The molecule has 0 saturated heterocycles. The maximum absolute atomic E-state index is 12.9. The van der Waals surface area contributed by atoms with Gasteiger partial charge >= 0.3 is 5.97 Å². The van der Waals surface area contributed by atoms with Crippen molar-refractivity contribution in [3.63, 3.8) is 0 Å². The van der Waals surface area contributed by atoms with Gasteiger partial charge in [0, 0.05) is 0 Å². The molecule has 1 unspecified atom stereocenters. The topological polar surface area (TPSA) is 46.5 Å². The molecule has 21 heavy (non-hydrogen) atoms. The molecule has 0 aromatic heterocycles. The highest BCUT2D eigenvalue weighted by molar-refractivity contribution is 5.78. The average molecular weight is 298 g/mol. The van der Waals surface area contributed by atoms with Crippen molar-refractivity contribution in [3.8, 4) is 0 Å². The number of rotatable bonds is 4. The molecule has 1 saturated carbocycles. The molecule has 124 valence electrons. The highest BCUT2D eigenvalue weighted by Crippen LogP contribution is 2.48. The van der Waals surface area contributed by atoms with Crippen molar-refractivity contribution in [2.24, 2.45) is 16.2 Å². The second kappa shape index (κ2) is 6.68. The molecular weight excluding hydrogens is 264 g/mol. The molecule has 1 aliphatic carbocycles. The van der Waals surface area contributed by atoms with E-state index in [0.717, 1.165) is 25.7 Å². The highest BCUT2D eigenvalue weighted by Gasteiger charge is 2.51. The minimum atomic E-state index is -0.831.